The number of aromatic nitrogens is 2. The van der Waals surface area contributed by atoms with Gasteiger partial charge in [0.1, 0.15) is 11.6 Å². The van der Waals surface area contributed by atoms with Gasteiger partial charge in [0, 0.05) is 29.1 Å². The quantitative estimate of drug-likeness (QED) is 0.418. The SMILES string of the molecule is CC(=O)C1C(C(=O)c2cn(C(=O)OC(C)(C)C)c3ccccc23)CSN1c1cccnc1. The van der Waals surface area contributed by atoms with Gasteiger partial charge in [0.15, 0.2) is 11.6 Å². The molecule has 0 saturated carbocycles. The predicted octanol–water partition coefficient (Wildman–Crippen LogP) is 4.74. The lowest BCUT2D eigenvalue weighted by molar-refractivity contribution is -0.118. The second-order valence-electron chi connectivity index (χ2n) is 8.77. The standard InChI is InChI=1S/C24H25N3O4S/c1-15(28)21-19(14-32-27(21)16-8-7-11-25-12-16)22(29)18-13-26(23(30)31-24(2,3)4)20-10-6-5-9-17(18)20/h5-13,19,21H,14H2,1-4H3. The lowest BCUT2D eigenvalue weighted by atomic mass is 9.90. The lowest BCUT2D eigenvalue weighted by Crippen LogP contribution is -2.40. The fourth-order valence-electron chi connectivity index (χ4n) is 3.92. The number of ketones is 2. The molecule has 4 rings (SSSR count). The number of ether oxygens (including phenoxy) is 1. The molecule has 3 aromatic rings. The normalized spacial score (nSPS) is 18.7. The van der Waals surface area contributed by atoms with Crippen LogP contribution in [0.2, 0.25) is 0 Å². The molecule has 1 aliphatic rings. The highest BCUT2D eigenvalue weighted by atomic mass is 32.2. The third-order valence-electron chi connectivity index (χ3n) is 5.25. The van der Waals surface area contributed by atoms with E-state index in [1.54, 1.807) is 45.3 Å². The number of carbonyl (C=O) groups excluding carboxylic acids is 3. The molecule has 1 aromatic carbocycles. The number of anilines is 1. The molecule has 0 N–H and O–H groups in total. The van der Waals surface area contributed by atoms with Gasteiger partial charge in [-0.3, -0.25) is 19.1 Å². The minimum Gasteiger partial charge on any atom is -0.443 e. The van der Waals surface area contributed by atoms with Gasteiger partial charge in [0.25, 0.3) is 0 Å². The van der Waals surface area contributed by atoms with E-state index in [0.29, 0.717) is 22.2 Å². The van der Waals surface area contributed by atoms with Crippen molar-refractivity contribution in [2.24, 2.45) is 5.92 Å². The van der Waals surface area contributed by atoms with E-state index in [1.807, 2.05) is 28.6 Å². The van der Waals surface area contributed by atoms with Gasteiger partial charge < -0.3 is 9.04 Å². The van der Waals surface area contributed by atoms with E-state index in [1.165, 1.54) is 29.6 Å². The minimum atomic E-state index is -0.668. The van der Waals surface area contributed by atoms with Gasteiger partial charge >= 0.3 is 6.09 Å². The molecule has 166 valence electrons. The summed E-state index contributed by atoms with van der Waals surface area (Å²) in [6.07, 6.45) is 4.34. The molecule has 1 fully saturated rings. The molecule has 32 heavy (non-hydrogen) atoms. The van der Waals surface area contributed by atoms with E-state index in [9.17, 15) is 14.4 Å². The van der Waals surface area contributed by atoms with E-state index in [4.69, 9.17) is 4.74 Å². The zero-order chi connectivity index (χ0) is 23.0. The molecule has 2 aromatic heterocycles. The van der Waals surface area contributed by atoms with Crippen molar-refractivity contribution < 1.29 is 19.1 Å². The molecule has 0 amide bonds. The Morgan fingerprint density at radius 3 is 2.53 bits per heavy atom. The maximum atomic E-state index is 13.7. The number of benzene rings is 1. The summed E-state index contributed by atoms with van der Waals surface area (Å²) in [5.74, 6) is -0.338. The van der Waals surface area contributed by atoms with Gasteiger partial charge in [0.05, 0.1) is 23.3 Å². The van der Waals surface area contributed by atoms with Crippen molar-refractivity contribution in [3.05, 3.63) is 60.6 Å². The van der Waals surface area contributed by atoms with Gasteiger partial charge in [-0.25, -0.2) is 4.79 Å². The van der Waals surface area contributed by atoms with Gasteiger partial charge in [0.2, 0.25) is 0 Å². The maximum absolute atomic E-state index is 13.7. The number of hydrogen-bond acceptors (Lipinski definition) is 7. The number of pyridine rings is 1. The molecular formula is C24H25N3O4S. The minimum absolute atomic E-state index is 0.0897. The van der Waals surface area contributed by atoms with E-state index in [2.05, 4.69) is 4.98 Å². The van der Waals surface area contributed by atoms with Gasteiger partial charge in [-0.15, -0.1) is 0 Å². The summed E-state index contributed by atoms with van der Waals surface area (Å²) in [6.45, 7) is 6.89. The second kappa shape index (κ2) is 8.43. The molecule has 2 atom stereocenters. The van der Waals surface area contributed by atoms with Crippen molar-refractivity contribution in [3.8, 4) is 0 Å². The highest BCUT2D eigenvalue weighted by Crippen LogP contribution is 2.39. The molecule has 1 aliphatic heterocycles. The van der Waals surface area contributed by atoms with E-state index < -0.39 is 23.7 Å². The van der Waals surface area contributed by atoms with E-state index in [0.717, 1.165) is 5.69 Å². The van der Waals surface area contributed by atoms with Crippen LogP contribution in [-0.2, 0) is 9.53 Å². The number of fused-ring (bicyclic) bond motifs is 1. The summed E-state index contributed by atoms with van der Waals surface area (Å²) >= 11 is 1.44. The number of nitrogens with zero attached hydrogens (tertiary/aromatic N) is 3. The average Bonchev–Trinajstić information content (AvgIpc) is 3.35. The number of Topliss-reactive ketones (excluding diaryl/α,β-unsaturated/α-hetero) is 2. The van der Waals surface area contributed by atoms with Crippen LogP contribution in [0.5, 0.6) is 0 Å². The third kappa shape index (κ3) is 4.14. The third-order valence-corrected chi connectivity index (χ3v) is 6.47. The van der Waals surface area contributed by atoms with Crippen molar-refractivity contribution in [2.75, 3.05) is 10.1 Å². The molecule has 1 saturated heterocycles. The molecule has 0 bridgehead atoms. The van der Waals surface area contributed by atoms with Crippen LogP contribution < -0.4 is 4.31 Å². The Labute approximate surface area is 190 Å². The largest absolute Gasteiger partial charge is 0.443 e. The maximum Gasteiger partial charge on any atom is 0.419 e. The Morgan fingerprint density at radius 1 is 1.12 bits per heavy atom. The smallest absolute Gasteiger partial charge is 0.419 e. The molecular weight excluding hydrogens is 426 g/mol. The van der Waals surface area contributed by atoms with E-state index >= 15 is 0 Å². The first-order valence-electron chi connectivity index (χ1n) is 10.4. The highest BCUT2D eigenvalue weighted by molar-refractivity contribution is 8.01. The van der Waals surface area contributed by atoms with Crippen LogP contribution in [0.25, 0.3) is 10.9 Å². The number of hydrogen-bond donors (Lipinski definition) is 0. The summed E-state index contributed by atoms with van der Waals surface area (Å²) in [5, 5.41) is 0.662. The molecule has 0 spiro atoms. The Bertz CT molecular complexity index is 1180. The zero-order valence-electron chi connectivity index (χ0n) is 18.4. The predicted molar refractivity (Wildman–Crippen MR) is 125 cm³/mol. The molecule has 2 unspecified atom stereocenters. The average molecular weight is 452 g/mol. The van der Waals surface area contributed by atoms with Crippen LogP contribution in [0.1, 0.15) is 38.1 Å². The topological polar surface area (TPSA) is 81.5 Å². The van der Waals surface area contributed by atoms with Crippen LogP contribution in [0, 0.1) is 5.92 Å². The number of carbonyl (C=O) groups is 3. The molecule has 0 aliphatic carbocycles. The Kier molecular flexibility index (Phi) is 5.81. The Balaban J connectivity index is 1.72. The van der Waals surface area contributed by atoms with Gasteiger partial charge in [-0.2, -0.15) is 0 Å². The fourth-order valence-corrected chi connectivity index (χ4v) is 5.29. The van der Waals surface area contributed by atoms with Crippen LogP contribution in [0.3, 0.4) is 0 Å². The highest BCUT2D eigenvalue weighted by Gasteiger charge is 2.43. The number of para-hydroxylation sites is 1. The van der Waals surface area contributed by atoms with Crippen molar-refractivity contribution in [1.82, 2.24) is 9.55 Å². The molecule has 0 radical (unpaired) electrons. The summed E-state index contributed by atoms with van der Waals surface area (Å²) in [4.78, 5) is 43.2. The fraction of sp³-hybridized carbons (Fsp3) is 0.333. The lowest BCUT2D eigenvalue weighted by Gasteiger charge is -2.25. The monoisotopic (exact) mass is 451 g/mol. The molecule has 3 heterocycles. The summed E-state index contributed by atoms with van der Waals surface area (Å²) < 4.78 is 8.76. The molecule has 7 nitrogen and oxygen atoms in total. The van der Waals surface area contributed by atoms with Crippen molar-refractivity contribution in [3.63, 3.8) is 0 Å². The zero-order valence-corrected chi connectivity index (χ0v) is 19.3. The van der Waals surface area contributed by atoms with Gasteiger partial charge in [-0.05, 0) is 57.8 Å². The Morgan fingerprint density at radius 2 is 1.88 bits per heavy atom. The number of rotatable bonds is 4. The van der Waals surface area contributed by atoms with Crippen molar-refractivity contribution >= 4 is 46.2 Å². The summed E-state index contributed by atoms with van der Waals surface area (Å²) in [7, 11) is 0. The van der Waals surface area contributed by atoms with Gasteiger partial charge in [-0.1, -0.05) is 18.2 Å². The summed E-state index contributed by atoms with van der Waals surface area (Å²) in [5.41, 5.74) is 1.12. The summed E-state index contributed by atoms with van der Waals surface area (Å²) in [6, 6.07) is 10.3. The Hall–Kier alpha value is -3.13. The van der Waals surface area contributed by atoms with Crippen molar-refractivity contribution in [1.29, 1.82) is 0 Å². The first kappa shape index (κ1) is 22.1. The second-order valence-corrected chi connectivity index (χ2v) is 9.75. The van der Waals surface area contributed by atoms with Crippen LogP contribution in [-0.4, -0.2) is 44.6 Å². The van der Waals surface area contributed by atoms with Crippen LogP contribution in [0.15, 0.2) is 55.0 Å². The first-order valence-corrected chi connectivity index (χ1v) is 11.3. The van der Waals surface area contributed by atoms with Crippen LogP contribution in [0.4, 0.5) is 10.5 Å². The first-order chi connectivity index (χ1) is 15.2. The van der Waals surface area contributed by atoms with Crippen molar-refractivity contribution in [2.45, 2.75) is 39.3 Å². The van der Waals surface area contributed by atoms with E-state index in [-0.39, 0.29) is 11.6 Å². The van der Waals surface area contributed by atoms with Crippen LogP contribution >= 0.6 is 11.9 Å². The molecule has 8 heteroatoms.